The van der Waals surface area contributed by atoms with Gasteiger partial charge in [-0.25, -0.2) is 8.78 Å². The summed E-state index contributed by atoms with van der Waals surface area (Å²) >= 11 is 0. The molecule has 0 aliphatic heterocycles. The molecule has 1 heterocycles. The lowest BCUT2D eigenvalue weighted by atomic mass is 10.1. The second kappa shape index (κ2) is 3.80. The van der Waals surface area contributed by atoms with Crippen LogP contribution in [0.1, 0.15) is 0 Å². The van der Waals surface area contributed by atoms with Crippen LogP contribution in [0, 0.1) is 11.6 Å². The molecule has 1 aromatic carbocycles. The van der Waals surface area contributed by atoms with E-state index >= 15 is 0 Å². The number of ether oxygens (including phenoxy) is 1. The molecule has 2 aromatic rings. The first-order chi connectivity index (χ1) is 7.65. The molecule has 0 radical (unpaired) electrons. The van der Waals surface area contributed by atoms with Gasteiger partial charge in [0.2, 0.25) is 0 Å². The molecule has 1 aromatic heterocycles. The number of nitrogen functional groups attached to an aromatic ring is 1. The van der Waals surface area contributed by atoms with E-state index in [-0.39, 0.29) is 22.7 Å². The summed E-state index contributed by atoms with van der Waals surface area (Å²) in [5, 5.41) is 6.10. The average Bonchev–Trinajstić information content (AvgIpc) is 2.67. The van der Waals surface area contributed by atoms with E-state index in [0.717, 1.165) is 12.1 Å². The predicted octanol–water partition coefficient (Wildman–Crippen LogP) is 1.95. The number of H-pyrrole nitrogens is 1. The highest BCUT2D eigenvalue weighted by molar-refractivity contribution is 5.78. The Morgan fingerprint density at radius 1 is 1.31 bits per heavy atom. The van der Waals surface area contributed by atoms with Gasteiger partial charge in [0.25, 0.3) is 0 Å². The minimum atomic E-state index is -0.653. The third-order valence-electron chi connectivity index (χ3n) is 2.20. The van der Waals surface area contributed by atoms with Crippen molar-refractivity contribution in [1.29, 1.82) is 0 Å². The smallest absolute Gasteiger partial charge is 0.165 e. The Balaban J connectivity index is 2.73. The molecule has 2 rings (SSSR count). The van der Waals surface area contributed by atoms with Crippen LogP contribution in [0.4, 0.5) is 14.6 Å². The molecule has 4 nitrogen and oxygen atoms in total. The zero-order valence-electron chi connectivity index (χ0n) is 8.42. The first kappa shape index (κ1) is 10.4. The molecule has 0 aliphatic carbocycles. The summed E-state index contributed by atoms with van der Waals surface area (Å²) in [6.45, 7) is 0. The molecule has 6 heteroatoms. The van der Waals surface area contributed by atoms with Gasteiger partial charge in [0.15, 0.2) is 11.6 Å². The Morgan fingerprint density at radius 3 is 2.56 bits per heavy atom. The second-order valence-corrected chi connectivity index (χ2v) is 3.13. The van der Waals surface area contributed by atoms with Crippen LogP contribution in [0.15, 0.2) is 18.3 Å². The molecule has 3 N–H and O–H groups in total. The van der Waals surface area contributed by atoms with Crippen LogP contribution in [0.2, 0.25) is 0 Å². The number of halogens is 2. The first-order valence-corrected chi connectivity index (χ1v) is 4.46. The van der Waals surface area contributed by atoms with Gasteiger partial charge in [0, 0.05) is 0 Å². The molecule has 0 spiro atoms. The van der Waals surface area contributed by atoms with Crippen molar-refractivity contribution in [3.05, 3.63) is 30.0 Å². The van der Waals surface area contributed by atoms with Crippen molar-refractivity contribution < 1.29 is 13.5 Å². The number of anilines is 1. The third kappa shape index (κ3) is 1.48. The Labute approximate surface area is 90.0 Å². The van der Waals surface area contributed by atoms with Crippen molar-refractivity contribution in [2.75, 3.05) is 12.8 Å². The van der Waals surface area contributed by atoms with Crippen LogP contribution in [-0.2, 0) is 0 Å². The van der Waals surface area contributed by atoms with Gasteiger partial charge >= 0.3 is 0 Å². The maximum absolute atomic E-state index is 13.6. The quantitative estimate of drug-likeness (QED) is 0.820. The minimum Gasteiger partial charge on any atom is -0.493 e. The maximum Gasteiger partial charge on any atom is 0.165 e. The summed E-state index contributed by atoms with van der Waals surface area (Å²) in [6.07, 6.45) is 1.32. The van der Waals surface area contributed by atoms with E-state index in [1.54, 1.807) is 0 Å². The Hall–Kier alpha value is -2.11. The van der Waals surface area contributed by atoms with Crippen LogP contribution in [0.25, 0.3) is 11.1 Å². The van der Waals surface area contributed by atoms with E-state index < -0.39 is 11.6 Å². The van der Waals surface area contributed by atoms with Crippen LogP contribution >= 0.6 is 0 Å². The fraction of sp³-hybridized carbons (Fsp3) is 0.100. The molecule has 0 unspecified atom stereocenters. The molecule has 0 aliphatic rings. The monoisotopic (exact) mass is 225 g/mol. The number of benzene rings is 1. The third-order valence-corrected chi connectivity index (χ3v) is 2.20. The Morgan fingerprint density at radius 2 is 2.00 bits per heavy atom. The molecule has 0 fully saturated rings. The Kier molecular flexibility index (Phi) is 2.47. The van der Waals surface area contributed by atoms with Gasteiger partial charge in [-0.2, -0.15) is 5.10 Å². The molecule has 0 saturated heterocycles. The lowest BCUT2D eigenvalue weighted by molar-refractivity contribution is 0.385. The summed E-state index contributed by atoms with van der Waals surface area (Å²) in [7, 11) is 1.26. The highest BCUT2D eigenvalue weighted by Crippen LogP contribution is 2.36. The molecule has 0 saturated carbocycles. The largest absolute Gasteiger partial charge is 0.493 e. The topological polar surface area (TPSA) is 63.9 Å². The molecule has 16 heavy (non-hydrogen) atoms. The van der Waals surface area contributed by atoms with E-state index in [1.165, 1.54) is 13.3 Å². The van der Waals surface area contributed by atoms with Crippen molar-refractivity contribution >= 4 is 5.82 Å². The zero-order valence-corrected chi connectivity index (χ0v) is 8.42. The number of nitrogens with two attached hydrogens (primary N) is 1. The van der Waals surface area contributed by atoms with Gasteiger partial charge in [-0.05, 0) is 12.1 Å². The Bertz CT molecular complexity index is 525. The molecule has 84 valence electrons. The molecule has 0 bridgehead atoms. The number of nitrogens with one attached hydrogen (secondary N) is 1. The van der Waals surface area contributed by atoms with Gasteiger partial charge in [-0.3, -0.25) is 5.10 Å². The first-order valence-electron chi connectivity index (χ1n) is 4.46. The van der Waals surface area contributed by atoms with Crippen molar-refractivity contribution in [3.8, 4) is 16.9 Å². The van der Waals surface area contributed by atoms with Crippen LogP contribution < -0.4 is 10.5 Å². The number of nitrogens with zero attached hydrogens (tertiary/aromatic N) is 1. The lowest BCUT2D eigenvalue weighted by Gasteiger charge is -2.09. The van der Waals surface area contributed by atoms with Gasteiger partial charge in [0.1, 0.15) is 11.6 Å². The highest BCUT2D eigenvalue weighted by atomic mass is 19.1. The normalized spacial score (nSPS) is 10.4. The summed E-state index contributed by atoms with van der Waals surface area (Å²) in [5.41, 5.74) is 5.79. The fourth-order valence-electron chi connectivity index (χ4n) is 1.48. The summed E-state index contributed by atoms with van der Waals surface area (Å²) in [4.78, 5) is 0. The molecular weight excluding hydrogens is 216 g/mol. The number of hydrogen-bond donors (Lipinski definition) is 2. The molecule has 0 atom stereocenters. The van der Waals surface area contributed by atoms with Crippen molar-refractivity contribution in [2.45, 2.75) is 0 Å². The van der Waals surface area contributed by atoms with Crippen molar-refractivity contribution in [3.63, 3.8) is 0 Å². The zero-order chi connectivity index (χ0) is 11.7. The fourth-order valence-corrected chi connectivity index (χ4v) is 1.48. The SMILES string of the molecule is COc1c(F)ccc(F)c1-c1cn[nH]c1N. The number of rotatable bonds is 2. The van der Waals surface area contributed by atoms with E-state index in [4.69, 9.17) is 10.5 Å². The number of hydrogen-bond acceptors (Lipinski definition) is 3. The molecular formula is C10H9F2N3O. The van der Waals surface area contributed by atoms with Crippen LogP contribution in [0.3, 0.4) is 0 Å². The van der Waals surface area contributed by atoms with Gasteiger partial charge in [-0.15, -0.1) is 0 Å². The molecule has 0 amide bonds. The maximum atomic E-state index is 13.6. The average molecular weight is 225 g/mol. The minimum absolute atomic E-state index is 0.0336. The highest BCUT2D eigenvalue weighted by Gasteiger charge is 2.19. The lowest BCUT2D eigenvalue weighted by Crippen LogP contribution is -1.97. The van der Waals surface area contributed by atoms with E-state index in [2.05, 4.69) is 10.2 Å². The van der Waals surface area contributed by atoms with E-state index in [1.807, 2.05) is 0 Å². The second-order valence-electron chi connectivity index (χ2n) is 3.13. The standard InChI is InChI=1S/C10H9F2N3O/c1-16-9-7(12)3-2-6(11)8(9)5-4-14-15-10(5)13/h2-4H,1H3,(H3,13,14,15). The van der Waals surface area contributed by atoms with Crippen LogP contribution in [-0.4, -0.2) is 17.3 Å². The van der Waals surface area contributed by atoms with Gasteiger partial charge in [-0.1, -0.05) is 0 Å². The van der Waals surface area contributed by atoms with Gasteiger partial charge < -0.3 is 10.5 Å². The predicted molar refractivity (Wildman–Crippen MR) is 54.9 cm³/mol. The van der Waals surface area contributed by atoms with Gasteiger partial charge in [0.05, 0.1) is 24.4 Å². The number of methoxy groups -OCH3 is 1. The summed E-state index contributed by atoms with van der Waals surface area (Å²) < 4.78 is 31.8. The summed E-state index contributed by atoms with van der Waals surface area (Å²) in [6, 6.07) is 2.01. The van der Waals surface area contributed by atoms with E-state index in [9.17, 15) is 8.78 Å². The van der Waals surface area contributed by atoms with Crippen molar-refractivity contribution in [1.82, 2.24) is 10.2 Å². The van der Waals surface area contributed by atoms with E-state index in [0.29, 0.717) is 0 Å². The number of aromatic nitrogens is 2. The summed E-state index contributed by atoms with van der Waals surface area (Å²) in [5.74, 6) is -1.30. The van der Waals surface area contributed by atoms with Crippen molar-refractivity contribution in [2.24, 2.45) is 0 Å². The van der Waals surface area contributed by atoms with Crippen LogP contribution in [0.5, 0.6) is 5.75 Å². The number of aromatic amines is 1.